The molecule has 0 atom stereocenters. The van der Waals surface area contributed by atoms with E-state index in [4.69, 9.17) is 0 Å². The average Bonchev–Trinajstić information content (AvgIpc) is 2.63. The first-order valence-electron chi connectivity index (χ1n) is 9.85. The molecule has 0 unspecified atom stereocenters. The topological polar surface area (TPSA) is 56.7 Å². The first-order chi connectivity index (χ1) is 12.5. The van der Waals surface area contributed by atoms with Crippen molar-refractivity contribution in [2.24, 2.45) is 11.8 Å². The predicted molar refractivity (Wildman–Crippen MR) is 100 cm³/mol. The summed E-state index contributed by atoms with van der Waals surface area (Å²) in [6.07, 6.45) is 9.79. The number of halogens is 1. The first-order valence-corrected chi connectivity index (χ1v) is 9.85. The van der Waals surface area contributed by atoms with Crippen molar-refractivity contribution in [3.05, 3.63) is 23.8 Å². The molecule has 144 valence electrons. The van der Waals surface area contributed by atoms with Gasteiger partial charge in [-0.25, -0.2) is 9.78 Å². The normalized spacial score (nSPS) is 20.5. The number of anilines is 1. The third-order valence-electron chi connectivity index (χ3n) is 6.10. The summed E-state index contributed by atoms with van der Waals surface area (Å²) in [5.41, 5.74) is 0.557. The number of aromatic carboxylic acids is 1. The maximum absolute atomic E-state index is 13.5. The van der Waals surface area contributed by atoms with Crippen LogP contribution in [0.3, 0.4) is 0 Å². The molecule has 0 aromatic carbocycles. The Bertz CT molecular complexity index is 609. The second-order valence-corrected chi connectivity index (χ2v) is 7.94. The van der Waals surface area contributed by atoms with E-state index in [0.29, 0.717) is 11.6 Å². The third kappa shape index (κ3) is 4.93. The second-order valence-electron chi connectivity index (χ2n) is 7.94. The van der Waals surface area contributed by atoms with Crippen molar-refractivity contribution in [3.8, 4) is 0 Å². The Morgan fingerprint density at radius 1 is 1.15 bits per heavy atom. The largest absolute Gasteiger partial charge is 0.478 e. The van der Waals surface area contributed by atoms with Crippen LogP contribution in [-0.4, -0.2) is 54.2 Å². The molecule has 2 saturated heterocycles. The summed E-state index contributed by atoms with van der Waals surface area (Å²) >= 11 is 0. The van der Waals surface area contributed by atoms with E-state index in [-0.39, 0.29) is 5.56 Å². The van der Waals surface area contributed by atoms with Gasteiger partial charge in [0.05, 0.1) is 5.69 Å². The van der Waals surface area contributed by atoms with E-state index in [1.165, 1.54) is 51.3 Å². The number of likely N-dealkylation sites (tertiary alicyclic amines) is 1. The number of pyridine rings is 1. The fourth-order valence-electron chi connectivity index (χ4n) is 4.36. The second kappa shape index (κ2) is 8.80. The van der Waals surface area contributed by atoms with Gasteiger partial charge in [-0.05, 0) is 57.7 Å². The molecular weight excluding hydrogens is 333 g/mol. The molecule has 0 amide bonds. The van der Waals surface area contributed by atoms with Crippen LogP contribution in [0.4, 0.5) is 10.1 Å². The Kier molecular flexibility index (Phi) is 6.46. The van der Waals surface area contributed by atoms with Gasteiger partial charge in [0.2, 0.25) is 5.95 Å². The summed E-state index contributed by atoms with van der Waals surface area (Å²) in [4.78, 5) is 19.3. The van der Waals surface area contributed by atoms with E-state index < -0.39 is 11.9 Å². The fourth-order valence-corrected chi connectivity index (χ4v) is 4.36. The molecule has 3 heterocycles. The van der Waals surface area contributed by atoms with Gasteiger partial charge >= 0.3 is 5.97 Å². The lowest BCUT2D eigenvalue weighted by Gasteiger charge is -2.34. The first kappa shape index (κ1) is 19.1. The summed E-state index contributed by atoms with van der Waals surface area (Å²) in [5, 5.41) is 9.30. The highest BCUT2D eigenvalue weighted by molar-refractivity contribution is 5.94. The summed E-state index contributed by atoms with van der Waals surface area (Å²) < 4.78 is 13.5. The molecule has 2 fully saturated rings. The predicted octanol–water partition coefficient (Wildman–Crippen LogP) is 3.65. The van der Waals surface area contributed by atoms with Crippen LogP contribution in [-0.2, 0) is 0 Å². The molecule has 2 aliphatic rings. The number of carboxylic acids is 1. The Morgan fingerprint density at radius 3 is 2.31 bits per heavy atom. The van der Waals surface area contributed by atoms with Crippen molar-refractivity contribution in [1.82, 2.24) is 9.88 Å². The van der Waals surface area contributed by atoms with Crippen molar-refractivity contribution < 1.29 is 14.3 Å². The van der Waals surface area contributed by atoms with Gasteiger partial charge in [0.25, 0.3) is 0 Å². The number of rotatable bonds is 6. The summed E-state index contributed by atoms with van der Waals surface area (Å²) in [7, 11) is 2.20. The molecule has 0 saturated carbocycles. The van der Waals surface area contributed by atoms with Crippen LogP contribution < -0.4 is 4.90 Å². The Labute approximate surface area is 155 Å². The molecule has 3 rings (SSSR count). The van der Waals surface area contributed by atoms with E-state index in [9.17, 15) is 14.3 Å². The lowest BCUT2D eigenvalue weighted by Crippen LogP contribution is -2.35. The monoisotopic (exact) mass is 363 g/mol. The van der Waals surface area contributed by atoms with Gasteiger partial charge in [0.15, 0.2) is 0 Å². The van der Waals surface area contributed by atoms with E-state index in [1.54, 1.807) is 0 Å². The molecule has 0 radical (unpaired) electrons. The van der Waals surface area contributed by atoms with Crippen LogP contribution >= 0.6 is 0 Å². The molecule has 5 nitrogen and oxygen atoms in total. The van der Waals surface area contributed by atoms with E-state index >= 15 is 0 Å². The van der Waals surface area contributed by atoms with Gasteiger partial charge in [-0.15, -0.1) is 0 Å². The molecule has 1 aromatic rings. The molecule has 0 aliphatic carbocycles. The molecule has 1 N–H and O–H groups in total. The number of nitrogens with zero attached hydrogens (tertiary/aromatic N) is 3. The molecule has 2 aliphatic heterocycles. The van der Waals surface area contributed by atoms with Gasteiger partial charge in [0.1, 0.15) is 5.56 Å². The van der Waals surface area contributed by atoms with Gasteiger partial charge in [-0.2, -0.15) is 4.39 Å². The molecule has 26 heavy (non-hydrogen) atoms. The maximum atomic E-state index is 13.5. The zero-order valence-corrected chi connectivity index (χ0v) is 15.7. The van der Waals surface area contributed by atoms with Crippen LogP contribution in [0.5, 0.6) is 0 Å². The van der Waals surface area contributed by atoms with Crippen LogP contribution in [0.25, 0.3) is 0 Å². The number of carboxylic acid groups (broad SMARTS) is 1. The van der Waals surface area contributed by atoms with Gasteiger partial charge in [-0.3, -0.25) is 0 Å². The third-order valence-corrected chi connectivity index (χ3v) is 6.10. The standard InChI is InChI=1S/C20H30FN3O2/c1-23-9-5-15(6-10-23)3-2-4-16-7-11-24(12-8-16)18-13-19(21)22-14-17(18)20(25)26/h13-16H,2-12H2,1H3,(H,25,26). The summed E-state index contributed by atoms with van der Waals surface area (Å²) in [5.74, 6) is -0.0697. The van der Waals surface area contributed by atoms with Gasteiger partial charge in [-0.1, -0.05) is 19.3 Å². The van der Waals surface area contributed by atoms with Crippen LogP contribution in [0.15, 0.2) is 12.3 Å². The maximum Gasteiger partial charge on any atom is 0.339 e. The minimum Gasteiger partial charge on any atom is -0.478 e. The van der Waals surface area contributed by atoms with Gasteiger partial charge in [0, 0.05) is 25.4 Å². The number of hydrogen-bond acceptors (Lipinski definition) is 4. The van der Waals surface area contributed by atoms with Crippen molar-refractivity contribution in [1.29, 1.82) is 0 Å². The highest BCUT2D eigenvalue weighted by Gasteiger charge is 2.24. The minimum atomic E-state index is -1.05. The molecule has 0 spiro atoms. The van der Waals surface area contributed by atoms with Crippen LogP contribution in [0, 0.1) is 17.8 Å². The zero-order valence-electron chi connectivity index (χ0n) is 15.7. The van der Waals surface area contributed by atoms with Crippen molar-refractivity contribution >= 4 is 11.7 Å². The Hall–Kier alpha value is -1.69. The lowest BCUT2D eigenvalue weighted by atomic mass is 9.87. The van der Waals surface area contributed by atoms with Crippen LogP contribution in [0.1, 0.15) is 55.3 Å². The summed E-state index contributed by atoms with van der Waals surface area (Å²) in [6, 6.07) is 1.25. The number of piperidine rings is 2. The smallest absolute Gasteiger partial charge is 0.339 e. The van der Waals surface area contributed by atoms with Crippen molar-refractivity contribution in [2.75, 3.05) is 38.1 Å². The molecule has 1 aromatic heterocycles. The average molecular weight is 363 g/mol. The molecule has 0 bridgehead atoms. The highest BCUT2D eigenvalue weighted by atomic mass is 19.1. The quantitative estimate of drug-likeness (QED) is 0.782. The van der Waals surface area contributed by atoms with E-state index in [2.05, 4.69) is 16.9 Å². The number of aromatic nitrogens is 1. The van der Waals surface area contributed by atoms with E-state index in [1.807, 2.05) is 4.90 Å². The Balaban J connectivity index is 1.44. The highest BCUT2D eigenvalue weighted by Crippen LogP contribution is 2.30. The lowest BCUT2D eigenvalue weighted by molar-refractivity contribution is 0.0697. The van der Waals surface area contributed by atoms with E-state index in [0.717, 1.165) is 38.0 Å². The summed E-state index contributed by atoms with van der Waals surface area (Å²) in [6.45, 7) is 4.06. The molecule has 6 heteroatoms. The van der Waals surface area contributed by atoms with Crippen molar-refractivity contribution in [2.45, 2.75) is 44.9 Å². The fraction of sp³-hybridized carbons (Fsp3) is 0.700. The van der Waals surface area contributed by atoms with Crippen molar-refractivity contribution in [3.63, 3.8) is 0 Å². The molecular formula is C20H30FN3O2. The zero-order chi connectivity index (χ0) is 18.5. The van der Waals surface area contributed by atoms with Gasteiger partial charge < -0.3 is 14.9 Å². The minimum absolute atomic E-state index is 0.0899. The number of carbonyl (C=O) groups is 1. The number of hydrogen-bond donors (Lipinski definition) is 1. The SMILES string of the molecule is CN1CCC(CCCC2CCN(c3cc(F)ncc3C(=O)O)CC2)CC1. The van der Waals surface area contributed by atoms with Crippen LogP contribution in [0.2, 0.25) is 0 Å². The Morgan fingerprint density at radius 2 is 1.73 bits per heavy atom.